The number of carbonyl (C=O) groups is 3. The van der Waals surface area contributed by atoms with E-state index in [-0.39, 0.29) is 41.5 Å². The maximum atomic E-state index is 13.7. The number of hydrogen-bond acceptors (Lipinski definition) is 4. The van der Waals surface area contributed by atoms with Gasteiger partial charge in [-0.3, -0.25) is 14.4 Å². The molecule has 0 saturated carbocycles. The first-order valence-electron chi connectivity index (χ1n) is 13.4. The SMILES string of the molecule is CNC(=O)[C@H]1CC2(CCN(C(=O)[C@@H](CCCc3ccccc3)NC(=O)C(C)(C)N)CC2)c2ccccc21.Cl. The molecule has 206 valence electrons. The number of carbonyl (C=O) groups excluding carboxylic acids is 3. The highest BCUT2D eigenvalue weighted by Crippen LogP contribution is 2.51. The first-order valence-corrected chi connectivity index (χ1v) is 13.4. The van der Waals surface area contributed by atoms with Gasteiger partial charge in [0.2, 0.25) is 17.7 Å². The van der Waals surface area contributed by atoms with Crippen molar-refractivity contribution >= 4 is 30.1 Å². The summed E-state index contributed by atoms with van der Waals surface area (Å²) in [7, 11) is 1.69. The van der Waals surface area contributed by atoms with Gasteiger partial charge in [0, 0.05) is 25.6 Å². The summed E-state index contributed by atoms with van der Waals surface area (Å²) in [6, 6.07) is 17.8. The van der Waals surface area contributed by atoms with Crippen LogP contribution >= 0.6 is 12.4 Å². The number of amides is 3. The maximum absolute atomic E-state index is 13.7. The van der Waals surface area contributed by atoms with Gasteiger partial charge in [-0.25, -0.2) is 0 Å². The number of halogens is 1. The topological polar surface area (TPSA) is 105 Å². The van der Waals surface area contributed by atoms with Crippen molar-refractivity contribution < 1.29 is 14.4 Å². The minimum absolute atomic E-state index is 0. The van der Waals surface area contributed by atoms with Gasteiger partial charge in [0.1, 0.15) is 6.04 Å². The Kier molecular flexibility index (Phi) is 9.60. The van der Waals surface area contributed by atoms with Gasteiger partial charge in [-0.15, -0.1) is 12.4 Å². The number of likely N-dealkylation sites (tertiary alicyclic amines) is 1. The molecule has 1 aliphatic heterocycles. The number of aryl methyl sites for hydroxylation is 1. The average molecular weight is 541 g/mol. The molecule has 0 radical (unpaired) electrons. The Morgan fingerprint density at radius 2 is 1.68 bits per heavy atom. The molecule has 0 aromatic heterocycles. The standard InChI is InChI=1S/C30H40N4O3.ClH/c1-29(2,31)28(37)33-25(15-9-12-21-10-5-4-6-11-21)27(36)34-18-16-30(17-19-34)20-23(26(35)32-3)22-13-7-8-14-24(22)30;/h4-8,10-11,13-14,23,25H,9,12,15-20,31H2,1-3H3,(H,32,35)(H,33,37);1H/t23-,25+;/m0./s1. The van der Waals surface area contributed by atoms with Gasteiger partial charge in [0.05, 0.1) is 11.5 Å². The smallest absolute Gasteiger partial charge is 0.245 e. The van der Waals surface area contributed by atoms with E-state index in [0.717, 1.165) is 37.7 Å². The molecule has 2 aliphatic rings. The summed E-state index contributed by atoms with van der Waals surface area (Å²) in [5.41, 5.74) is 8.43. The Bertz CT molecular complexity index is 1120. The lowest BCUT2D eigenvalue weighted by molar-refractivity contribution is -0.139. The number of hydrogen-bond donors (Lipinski definition) is 3. The number of piperidine rings is 1. The van der Waals surface area contributed by atoms with E-state index in [9.17, 15) is 14.4 Å². The Labute approximate surface area is 232 Å². The van der Waals surface area contributed by atoms with E-state index in [1.807, 2.05) is 35.2 Å². The molecule has 2 aromatic rings. The Morgan fingerprint density at radius 1 is 1.05 bits per heavy atom. The zero-order valence-corrected chi connectivity index (χ0v) is 23.5. The number of benzene rings is 2. The van der Waals surface area contributed by atoms with Crippen LogP contribution in [0.2, 0.25) is 0 Å². The second kappa shape index (κ2) is 12.3. The van der Waals surface area contributed by atoms with Crippen molar-refractivity contribution in [3.63, 3.8) is 0 Å². The molecule has 1 spiro atoms. The van der Waals surface area contributed by atoms with E-state index >= 15 is 0 Å². The minimum Gasteiger partial charge on any atom is -0.359 e. The average Bonchev–Trinajstić information content (AvgIpc) is 3.21. The van der Waals surface area contributed by atoms with Gasteiger partial charge in [-0.1, -0.05) is 54.6 Å². The fourth-order valence-electron chi connectivity index (χ4n) is 5.91. The molecule has 1 heterocycles. The van der Waals surface area contributed by atoms with Crippen molar-refractivity contribution in [2.45, 2.75) is 75.3 Å². The third kappa shape index (κ3) is 6.38. The molecule has 2 aromatic carbocycles. The molecule has 38 heavy (non-hydrogen) atoms. The summed E-state index contributed by atoms with van der Waals surface area (Å²) in [5.74, 6) is -0.472. The quantitative estimate of drug-likeness (QED) is 0.477. The molecule has 4 N–H and O–H groups in total. The van der Waals surface area contributed by atoms with Gasteiger partial charge in [-0.2, -0.15) is 0 Å². The third-order valence-corrected chi connectivity index (χ3v) is 8.09. The van der Waals surface area contributed by atoms with E-state index in [4.69, 9.17) is 5.73 Å². The number of nitrogens with one attached hydrogen (secondary N) is 2. The van der Waals surface area contributed by atoms with E-state index in [1.165, 1.54) is 11.1 Å². The zero-order valence-electron chi connectivity index (χ0n) is 22.7. The maximum Gasteiger partial charge on any atom is 0.245 e. The predicted molar refractivity (Wildman–Crippen MR) is 152 cm³/mol. The number of fused-ring (bicyclic) bond motifs is 2. The van der Waals surface area contributed by atoms with Crippen molar-refractivity contribution in [3.8, 4) is 0 Å². The molecule has 7 nitrogen and oxygen atoms in total. The summed E-state index contributed by atoms with van der Waals surface area (Å²) < 4.78 is 0. The fourth-order valence-corrected chi connectivity index (χ4v) is 5.91. The normalized spacial score (nSPS) is 18.7. The van der Waals surface area contributed by atoms with Crippen molar-refractivity contribution in [2.24, 2.45) is 5.73 Å². The number of nitrogens with two attached hydrogens (primary N) is 1. The van der Waals surface area contributed by atoms with Crippen LogP contribution in [0.4, 0.5) is 0 Å². The fraction of sp³-hybridized carbons (Fsp3) is 0.500. The lowest BCUT2D eigenvalue weighted by atomic mass is 9.73. The minimum atomic E-state index is -1.06. The van der Waals surface area contributed by atoms with Crippen LogP contribution in [0, 0.1) is 0 Å². The van der Waals surface area contributed by atoms with Gasteiger partial charge in [-0.05, 0) is 69.1 Å². The van der Waals surface area contributed by atoms with Crippen LogP contribution in [0.25, 0.3) is 0 Å². The monoisotopic (exact) mass is 540 g/mol. The molecule has 1 aliphatic carbocycles. The van der Waals surface area contributed by atoms with Gasteiger partial charge in [0.25, 0.3) is 0 Å². The Morgan fingerprint density at radius 3 is 2.32 bits per heavy atom. The van der Waals surface area contributed by atoms with E-state index in [1.54, 1.807) is 20.9 Å². The molecule has 3 amide bonds. The Hall–Kier alpha value is -2.90. The highest BCUT2D eigenvalue weighted by Gasteiger charge is 2.48. The second-order valence-electron chi connectivity index (χ2n) is 11.2. The summed E-state index contributed by atoms with van der Waals surface area (Å²) >= 11 is 0. The highest BCUT2D eigenvalue weighted by molar-refractivity contribution is 5.91. The second-order valence-corrected chi connectivity index (χ2v) is 11.2. The molecule has 8 heteroatoms. The van der Waals surface area contributed by atoms with Crippen LogP contribution < -0.4 is 16.4 Å². The summed E-state index contributed by atoms with van der Waals surface area (Å²) in [6.45, 7) is 4.51. The van der Waals surface area contributed by atoms with E-state index < -0.39 is 11.6 Å². The first-order chi connectivity index (χ1) is 17.6. The van der Waals surface area contributed by atoms with Crippen molar-refractivity contribution in [1.82, 2.24) is 15.5 Å². The van der Waals surface area contributed by atoms with Crippen LogP contribution in [0.1, 0.15) is 68.6 Å². The lowest BCUT2D eigenvalue weighted by Crippen LogP contribution is -2.57. The van der Waals surface area contributed by atoms with Gasteiger partial charge in [0.15, 0.2) is 0 Å². The predicted octanol–water partition coefficient (Wildman–Crippen LogP) is 3.45. The Balaban J connectivity index is 0.00000400. The first kappa shape index (κ1) is 29.7. The number of likely N-dealkylation sites (N-methyl/N-ethyl adjacent to an activating group) is 1. The number of nitrogens with zero attached hydrogens (tertiary/aromatic N) is 1. The molecule has 0 bridgehead atoms. The molecule has 4 rings (SSSR count). The van der Waals surface area contributed by atoms with E-state index in [2.05, 4.69) is 34.9 Å². The highest BCUT2D eigenvalue weighted by atomic mass is 35.5. The summed E-state index contributed by atoms with van der Waals surface area (Å²) in [4.78, 5) is 40.9. The van der Waals surface area contributed by atoms with Crippen LogP contribution in [-0.4, -0.2) is 54.3 Å². The van der Waals surface area contributed by atoms with Gasteiger partial charge < -0.3 is 21.3 Å². The van der Waals surface area contributed by atoms with Crippen molar-refractivity contribution in [1.29, 1.82) is 0 Å². The van der Waals surface area contributed by atoms with E-state index in [0.29, 0.717) is 19.5 Å². The molecule has 1 fully saturated rings. The van der Waals surface area contributed by atoms with Crippen LogP contribution in [0.15, 0.2) is 54.6 Å². The molecule has 2 atom stereocenters. The van der Waals surface area contributed by atoms with Crippen LogP contribution in [0.5, 0.6) is 0 Å². The number of rotatable bonds is 8. The van der Waals surface area contributed by atoms with Crippen LogP contribution in [0.3, 0.4) is 0 Å². The van der Waals surface area contributed by atoms with Crippen molar-refractivity contribution in [3.05, 3.63) is 71.3 Å². The zero-order chi connectivity index (χ0) is 26.6. The van der Waals surface area contributed by atoms with Crippen LogP contribution in [-0.2, 0) is 26.2 Å². The molecule has 1 saturated heterocycles. The third-order valence-electron chi connectivity index (χ3n) is 8.09. The molecular formula is C30H41ClN4O3. The molecular weight excluding hydrogens is 500 g/mol. The van der Waals surface area contributed by atoms with Gasteiger partial charge >= 0.3 is 0 Å². The lowest BCUT2D eigenvalue weighted by Gasteiger charge is -2.41. The molecule has 0 unspecified atom stereocenters. The summed E-state index contributed by atoms with van der Waals surface area (Å²) in [5, 5.41) is 5.76. The summed E-state index contributed by atoms with van der Waals surface area (Å²) in [6.07, 6.45) is 4.55. The van der Waals surface area contributed by atoms with Crippen molar-refractivity contribution in [2.75, 3.05) is 20.1 Å². The largest absolute Gasteiger partial charge is 0.359 e.